The van der Waals surface area contributed by atoms with E-state index in [1.165, 1.54) is 6.07 Å². The van der Waals surface area contributed by atoms with E-state index in [1.807, 2.05) is 31.2 Å². The number of benzene rings is 2. The van der Waals surface area contributed by atoms with Crippen molar-refractivity contribution in [1.82, 2.24) is 4.90 Å². The van der Waals surface area contributed by atoms with E-state index < -0.39 is 29.8 Å². The fourth-order valence-electron chi connectivity index (χ4n) is 3.90. The minimum Gasteiger partial charge on any atom is -0.480 e. The number of carbonyl (C=O) groups is 1. The summed E-state index contributed by atoms with van der Waals surface area (Å²) in [6.45, 7) is 2.38. The third-order valence-electron chi connectivity index (χ3n) is 5.26. The second kappa shape index (κ2) is 8.13. The molecule has 150 valence electrons. The fraction of sp³-hybridized carbons (Fsp3) is 0.381. The smallest absolute Gasteiger partial charge is 0.417 e. The van der Waals surface area contributed by atoms with Gasteiger partial charge in [-0.15, -0.1) is 0 Å². The molecule has 1 saturated heterocycles. The quantitative estimate of drug-likeness (QED) is 0.702. The lowest BCUT2D eigenvalue weighted by molar-refractivity contribution is -0.145. The van der Waals surface area contributed by atoms with Crippen LogP contribution in [0.25, 0.3) is 0 Å². The Kier molecular flexibility index (Phi) is 6.01. The Morgan fingerprint density at radius 2 is 1.93 bits per heavy atom. The Balaban J connectivity index is 2.18. The summed E-state index contributed by atoms with van der Waals surface area (Å²) in [5.74, 6) is -0.955. The summed E-state index contributed by atoms with van der Waals surface area (Å²) in [5.41, 5.74) is 1.17. The summed E-state index contributed by atoms with van der Waals surface area (Å²) in [4.78, 5) is 13.7. The number of hydrogen-bond acceptors (Lipinski definition) is 2. The van der Waals surface area contributed by atoms with Crippen molar-refractivity contribution >= 4 is 17.6 Å². The standard InChI is InChI=1S/C21H21ClF3NO2/c1-13-6-2-3-7-15(13)19(26-11-5-4-8-18(26)20(27)28)14-9-10-17(22)16(12-14)21(23,24)25/h2-3,6-7,9-10,12,18-19H,4-5,8,11H2,1H3,(H,27,28). The van der Waals surface area contributed by atoms with Crippen molar-refractivity contribution in [2.45, 2.75) is 44.4 Å². The highest BCUT2D eigenvalue weighted by atomic mass is 35.5. The van der Waals surface area contributed by atoms with Crippen molar-refractivity contribution in [3.05, 3.63) is 69.7 Å². The predicted molar refractivity (Wildman–Crippen MR) is 101 cm³/mol. The van der Waals surface area contributed by atoms with Crippen LogP contribution in [0.1, 0.15) is 47.6 Å². The van der Waals surface area contributed by atoms with Crippen LogP contribution in [-0.4, -0.2) is 28.6 Å². The topological polar surface area (TPSA) is 40.5 Å². The van der Waals surface area contributed by atoms with Crippen LogP contribution < -0.4 is 0 Å². The monoisotopic (exact) mass is 411 g/mol. The first-order valence-corrected chi connectivity index (χ1v) is 9.48. The molecule has 0 bridgehead atoms. The van der Waals surface area contributed by atoms with Gasteiger partial charge in [-0.05, 0) is 55.1 Å². The molecule has 0 radical (unpaired) electrons. The lowest BCUT2D eigenvalue weighted by Gasteiger charge is -2.40. The molecular weight excluding hydrogens is 391 g/mol. The maximum atomic E-state index is 13.4. The summed E-state index contributed by atoms with van der Waals surface area (Å²) < 4.78 is 40.3. The van der Waals surface area contributed by atoms with Crippen molar-refractivity contribution in [2.24, 2.45) is 0 Å². The van der Waals surface area contributed by atoms with Gasteiger partial charge in [-0.3, -0.25) is 9.69 Å². The van der Waals surface area contributed by atoms with Crippen molar-refractivity contribution in [1.29, 1.82) is 0 Å². The number of alkyl halides is 3. The van der Waals surface area contributed by atoms with E-state index in [0.29, 0.717) is 18.5 Å². The fourth-order valence-corrected chi connectivity index (χ4v) is 4.13. The Labute approximate surface area is 166 Å². The Hall–Kier alpha value is -2.05. The Morgan fingerprint density at radius 1 is 1.21 bits per heavy atom. The van der Waals surface area contributed by atoms with E-state index in [2.05, 4.69) is 0 Å². The molecule has 1 fully saturated rings. The predicted octanol–water partition coefficient (Wildman–Crippen LogP) is 5.70. The number of aryl methyl sites for hydroxylation is 1. The summed E-state index contributed by atoms with van der Waals surface area (Å²) >= 11 is 5.80. The Bertz CT molecular complexity index is 869. The molecule has 0 aromatic heterocycles. The molecule has 3 rings (SSSR count). The van der Waals surface area contributed by atoms with E-state index >= 15 is 0 Å². The van der Waals surface area contributed by atoms with Gasteiger partial charge in [0.1, 0.15) is 6.04 Å². The van der Waals surface area contributed by atoms with Crippen molar-refractivity contribution < 1.29 is 23.1 Å². The van der Waals surface area contributed by atoms with Gasteiger partial charge in [0, 0.05) is 0 Å². The number of likely N-dealkylation sites (tertiary alicyclic amines) is 1. The van der Waals surface area contributed by atoms with Gasteiger partial charge >= 0.3 is 12.1 Å². The van der Waals surface area contributed by atoms with Crippen LogP contribution in [0.2, 0.25) is 5.02 Å². The summed E-state index contributed by atoms with van der Waals surface area (Å²) in [5, 5.41) is 9.34. The van der Waals surface area contributed by atoms with Crippen LogP contribution in [-0.2, 0) is 11.0 Å². The molecule has 0 aliphatic carbocycles. The van der Waals surface area contributed by atoms with E-state index in [0.717, 1.165) is 30.0 Å². The molecule has 2 unspecified atom stereocenters. The maximum Gasteiger partial charge on any atom is 0.417 e. The first kappa shape index (κ1) is 20.7. The molecule has 2 aromatic rings. The average Bonchev–Trinajstić information content (AvgIpc) is 2.64. The highest BCUT2D eigenvalue weighted by Gasteiger charge is 2.38. The normalized spacial score (nSPS) is 19.4. The van der Waals surface area contributed by atoms with Crippen molar-refractivity contribution in [3.63, 3.8) is 0 Å². The summed E-state index contributed by atoms with van der Waals surface area (Å²) in [6.07, 6.45) is -2.54. The van der Waals surface area contributed by atoms with Crippen LogP contribution in [0.5, 0.6) is 0 Å². The van der Waals surface area contributed by atoms with Gasteiger partial charge in [0.25, 0.3) is 0 Å². The van der Waals surface area contributed by atoms with Gasteiger partial charge < -0.3 is 5.11 Å². The first-order valence-electron chi connectivity index (χ1n) is 9.11. The van der Waals surface area contributed by atoms with Crippen LogP contribution in [0.3, 0.4) is 0 Å². The van der Waals surface area contributed by atoms with Crippen LogP contribution in [0.4, 0.5) is 13.2 Å². The molecule has 1 N–H and O–H groups in total. The zero-order valence-electron chi connectivity index (χ0n) is 15.3. The molecular formula is C21H21ClF3NO2. The van der Waals surface area contributed by atoms with Gasteiger partial charge in [0.05, 0.1) is 16.6 Å². The maximum absolute atomic E-state index is 13.4. The summed E-state index contributed by atoms with van der Waals surface area (Å²) in [6, 6.07) is 9.89. The summed E-state index contributed by atoms with van der Waals surface area (Å²) in [7, 11) is 0. The molecule has 1 aliphatic rings. The highest BCUT2D eigenvalue weighted by Crippen LogP contribution is 2.40. The number of nitrogens with zero attached hydrogens (tertiary/aromatic N) is 1. The number of aliphatic carboxylic acids is 1. The van der Waals surface area contributed by atoms with Gasteiger partial charge in [0.15, 0.2) is 0 Å². The number of halogens is 4. The van der Waals surface area contributed by atoms with Gasteiger partial charge in [-0.1, -0.05) is 48.4 Å². The minimum absolute atomic E-state index is 0.367. The molecule has 0 spiro atoms. The van der Waals surface area contributed by atoms with Crippen molar-refractivity contribution in [2.75, 3.05) is 6.54 Å². The third kappa shape index (κ3) is 4.18. The molecule has 0 amide bonds. The number of hydrogen-bond donors (Lipinski definition) is 1. The van der Waals surface area contributed by atoms with Crippen LogP contribution in [0.15, 0.2) is 42.5 Å². The number of carboxylic acid groups (broad SMARTS) is 1. The highest BCUT2D eigenvalue weighted by molar-refractivity contribution is 6.31. The SMILES string of the molecule is Cc1ccccc1C(c1ccc(Cl)c(C(F)(F)F)c1)N1CCCCC1C(=O)O. The van der Waals surface area contributed by atoms with E-state index in [9.17, 15) is 23.1 Å². The molecule has 2 atom stereocenters. The number of piperidine rings is 1. The number of rotatable bonds is 4. The molecule has 1 aliphatic heterocycles. The first-order chi connectivity index (χ1) is 13.2. The van der Waals surface area contributed by atoms with E-state index in [4.69, 9.17) is 11.6 Å². The van der Waals surface area contributed by atoms with Gasteiger partial charge in [-0.2, -0.15) is 13.2 Å². The molecule has 3 nitrogen and oxygen atoms in total. The minimum atomic E-state index is -4.59. The number of carboxylic acids is 1. The van der Waals surface area contributed by atoms with Crippen LogP contribution >= 0.6 is 11.6 Å². The third-order valence-corrected chi connectivity index (χ3v) is 5.59. The lowest BCUT2D eigenvalue weighted by Crippen LogP contribution is -2.47. The average molecular weight is 412 g/mol. The van der Waals surface area contributed by atoms with E-state index in [-0.39, 0.29) is 5.02 Å². The van der Waals surface area contributed by atoms with Gasteiger partial charge in [-0.25, -0.2) is 0 Å². The zero-order valence-corrected chi connectivity index (χ0v) is 16.1. The van der Waals surface area contributed by atoms with Crippen molar-refractivity contribution in [3.8, 4) is 0 Å². The Morgan fingerprint density at radius 3 is 2.57 bits per heavy atom. The van der Waals surface area contributed by atoms with E-state index in [1.54, 1.807) is 11.0 Å². The second-order valence-electron chi connectivity index (χ2n) is 7.08. The molecule has 28 heavy (non-hydrogen) atoms. The van der Waals surface area contributed by atoms with Crippen LogP contribution in [0, 0.1) is 6.92 Å². The van der Waals surface area contributed by atoms with Gasteiger partial charge in [0.2, 0.25) is 0 Å². The zero-order chi connectivity index (χ0) is 20.5. The largest absolute Gasteiger partial charge is 0.480 e. The molecule has 0 saturated carbocycles. The molecule has 1 heterocycles. The molecule has 7 heteroatoms. The molecule has 2 aromatic carbocycles. The lowest BCUT2D eigenvalue weighted by atomic mass is 9.89. The second-order valence-corrected chi connectivity index (χ2v) is 7.49.